The molecule has 0 spiro atoms. The average molecular weight is 259 g/mol. The number of H-pyrrole nitrogens is 1. The lowest BCUT2D eigenvalue weighted by Gasteiger charge is -2.05. The Labute approximate surface area is 111 Å². The minimum Gasteiger partial charge on any atom is -0.395 e. The van der Waals surface area contributed by atoms with Crippen LogP contribution < -0.4 is 11.1 Å². The highest BCUT2D eigenvalue weighted by Gasteiger charge is 2.18. The van der Waals surface area contributed by atoms with E-state index in [1.54, 1.807) is 12.3 Å². The van der Waals surface area contributed by atoms with E-state index in [9.17, 15) is 4.79 Å². The third-order valence-corrected chi connectivity index (χ3v) is 2.80. The molecule has 2 aromatic heterocycles. The first-order chi connectivity index (χ1) is 8.99. The molecule has 1 amide bonds. The predicted molar refractivity (Wildman–Crippen MR) is 74.0 cm³/mol. The van der Waals surface area contributed by atoms with Crippen molar-refractivity contribution in [1.82, 2.24) is 15.2 Å². The zero-order chi connectivity index (χ0) is 14.0. The molecule has 4 N–H and O–H groups in total. The quantitative estimate of drug-likeness (QED) is 0.786. The minimum absolute atomic E-state index is 0.190. The second-order valence-corrected chi connectivity index (χ2v) is 4.70. The van der Waals surface area contributed by atoms with Crippen LogP contribution in [0.3, 0.4) is 0 Å². The number of hydrogen-bond acceptors (Lipinski definition) is 4. The molecule has 0 saturated carbocycles. The van der Waals surface area contributed by atoms with Crippen LogP contribution in [0.2, 0.25) is 0 Å². The number of aromatic amines is 1. The molecule has 0 unspecified atom stereocenters. The van der Waals surface area contributed by atoms with Gasteiger partial charge in [-0.25, -0.2) is 0 Å². The van der Waals surface area contributed by atoms with Crippen molar-refractivity contribution in [3.63, 3.8) is 0 Å². The third-order valence-electron chi connectivity index (χ3n) is 2.80. The zero-order valence-electron chi connectivity index (χ0n) is 11.2. The summed E-state index contributed by atoms with van der Waals surface area (Å²) >= 11 is 0. The van der Waals surface area contributed by atoms with Gasteiger partial charge in [0.1, 0.15) is 0 Å². The van der Waals surface area contributed by atoms with Crippen LogP contribution in [-0.4, -0.2) is 21.1 Å². The first-order valence-corrected chi connectivity index (χ1v) is 6.06. The van der Waals surface area contributed by atoms with Crippen molar-refractivity contribution in [3.05, 3.63) is 35.4 Å². The van der Waals surface area contributed by atoms with Gasteiger partial charge in [-0.2, -0.15) is 5.10 Å². The third kappa shape index (κ3) is 2.73. The molecule has 0 fully saturated rings. The average Bonchev–Trinajstić information content (AvgIpc) is 2.74. The molecule has 6 nitrogen and oxygen atoms in total. The fourth-order valence-corrected chi connectivity index (χ4v) is 1.71. The summed E-state index contributed by atoms with van der Waals surface area (Å²) in [6.07, 6.45) is 1.60. The smallest absolute Gasteiger partial charge is 0.278 e. The van der Waals surface area contributed by atoms with Crippen LogP contribution in [0.25, 0.3) is 0 Å². The molecule has 2 heterocycles. The number of amides is 1. The van der Waals surface area contributed by atoms with Crippen molar-refractivity contribution in [3.8, 4) is 0 Å². The highest BCUT2D eigenvalue weighted by molar-refractivity contribution is 6.06. The molecular weight excluding hydrogens is 242 g/mol. The van der Waals surface area contributed by atoms with Crippen LogP contribution in [-0.2, 0) is 0 Å². The molecular formula is C13H17N5O. The van der Waals surface area contributed by atoms with Gasteiger partial charge in [0.15, 0.2) is 5.69 Å². The normalized spacial score (nSPS) is 10.7. The van der Waals surface area contributed by atoms with E-state index < -0.39 is 0 Å². The Morgan fingerprint density at radius 2 is 2.16 bits per heavy atom. The van der Waals surface area contributed by atoms with Gasteiger partial charge in [-0.15, -0.1) is 0 Å². The number of nitrogens with two attached hydrogens (primary N) is 1. The number of anilines is 2. The van der Waals surface area contributed by atoms with Crippen molar-refractivity contribution in [2.75, 3.05) is 11.1 Å². The van der Waals surface area contributed by atoms with E-state index >= 15 is 0 Å². The molecule has 0 aliphatic rings. The van der Waals surface area contributed by atoms with Gasteiger partial charge in [0.2, 0.25) is 0 Å². The maximum Gasteiger partial charge on any atom is 0.278 e. The van der Waals surface area contributed by atoms with Crippen LogP contribution in [0, 0.1) is 6.92 Å². The summed E-state index contributed by atoms with van der Waals surface area (Å²) < 4.78 is 0. The van der Waals surface area contributed by atoms with Crippen LogP contribution in [0.5, 0.6) is 0 Å². The number of aromatic nitrogens is 3. The summed E-state index contributed by atoms with van der Waals surface area (Å²) in [5.41, 5.74) is 8.79. The van der Waals surface area contributed by atoms with Crippen LogP contribution >= 0.6 is 0 Å². The number of nitrogen functional groups attached to an aromatic ring is 1. The van der Waals surface area contributed by atoms with Gasteiger partial charge in [-0.3, -0.25) is 14.9 Å². The standard InChI is InChI=1S/C13H17N5O/c1-7(2)11-10(14)12(18-17-11)13(19)16-9-5-4-8(3)15-6-9/h4-7H,14H2,1-3H3,(H,16,19)(H,17,18). The first kappa shape index (κ1) is 13.1. The summed E-state index contributed by atoms with van der Waals surface area (Å²) in [5.74, 6) is -0.151. The maximum absolute atomic E-state index is 12.1. The number of nitrogens with one attached hydrogen (secondary N) is 2. The summed E-state index contributed by atoms with van der Waals surface area (Å²) in [5, 5.41) is 9.48. The van der Waals surface area contributed by atoms with E-state index in [1.165, 1.54) is 0 Å². The molecule has 0 aliphatic heterocycles. The van der Waals surface area contributed by atoms with E-state index in [0.717, 1.165) is 11.4 Å². The lowest BCUT2D eigenvalue weighted by Crippen LogP contribution is -2.14. The first-order valence-electron chi connectivity index (χ1n) is 6.06. The lowest BCUT2D eigenvalue weighted by molar-refractivity contribution is 0.102. The van der Waals surface area contributed by atoms with Crippen LogP contribution in [0.4, 0.5) is 11.4 Å². The van der Waals surface area contributed by atoms with Crippen molar-refractivity contribution in [1.29, 1.82) is 0 Å². The molecule has 0 saturated heterocycles. The number of carbonyl (C=O) groups excluding carboxylic acids is 1. The number of pyridine rings is 1. The van der Waals surface area contributed by atoms with E-state index in [0.29, 0.717) is 11.4 Å². The number of nitrogens with zero attached hydrogens (tertiary/aromatic N) is 2. The monoisotopic (exact) mass is 259 g/mol. The molecule has 6 heteroatoms. The zero-order valence-corrected chi connectivity index (χ0v) is 11.2. The topological polar surface area (TPSA) is 96.7 Å². The Kier molecular flexibility index (Phi) is 3.50. The highest BCUT2D eigenvalue weighted by Crippen LogP contribution is 2.22. The van der Waals surface area contributed by atoms with Crippen molar-refractivity contribution in [2.24, 2.45) is 0 Å². The molecule has 100 valence electrons. The van der Waals surface area contributed by atoms with Gasteiger partial charge in [0.05, 0.1) is 23.3 Å². The second-order valence-electron chi connectivity index (χ2n) is 4.70. The Hall–Kier alpha value is -2.37. The summed E-state index contributed by atoms with van der Waals surface area (Å²) in [6, 6.07) is 3.61. The Balaban J connectivity index is 2.18. The van der Waals surface area contributed by atoms with Crippen molar-refractivity contribution >= 4 is 17.3 Å². The second kappa shape index (κ2) is 5.09. The van der Waals surface area contributed by atoms with Gasteiger partial charge in [-0.05, 0) is 25.0 Å². The maximum atomic E-state index is 12.1. The largest absolute Gasteiger partial charge is 0.395 e. The minimum atomic E-state index is -0.341. The van der Waals surface area contributed by atoms with Crippen LogP contribution in [0.15, 0.2) is 18.3 Å². The van der Waals surface area contributed by atoms with Gasteiger partial charge >= 0.3 is 0 Å². The molecule has 0 aromatic carbocycles. The van der Waals surface area contributed by atoms with E-state index in [2.05, 4.69) is 20.5 Å². The molecule has 2 aromatic rings. The Bertz CT molecular complexity index is 586. The van der Waals surface area contributed by atoms with Gasteiger partial charge in [0.25, 0.3) is 5.91 Å². The molecule has 19 heavy (non-hydrogen) atoms. The lowest BCUT2D eigenvalue weighted by atomic mass is 10.1. The highest BCUT2D eigenvalue weighted by atomic mass is 16.2. The fourth-order valence-electron chi connectivity index (χ4n) is 1.71. The van der Waals surface area contributed by atoms with E-state index in [4.69, 9.17) is 5.73 Å². The van der Waals surface area contributed by atoms with Gasteiger partial charge < -0.3 is 11.1 Å². The molecule has 2 rings (SSSR count). The van der Waals surface area contributed by atoms with Crippen LogP contribution in [0.1, 0.15) is 41.6 Å². The number of hydrogen-bond donors (Lipinski definition) is 3. The summed E-state index contributed by atoms with van der Waals surface area (Å²) in [7, 11) is 0. The van der Waals surface area contributed by atoms with Gasteiger partial charge in [0, 0.05) is 5.69 Å². The molecule has 0 radical (unpaired) electrons. The van der Waals surface area contributed by atoms with Crippen molar-refractivity contribution in [2.45, 2.75) is 26.7 Å². The van der Waals surface area contributed by atoms with E-state index in [1.807, 2.05) is 26.8 Å². The molecule has 0 aliphatic carbocycles. The Morgan fingerprint density at radius 1 is 1.42 bits per heavy atom. The predicted octanol–water partition coefficient (Wildman–Crippen LogP) is 2.07. The number of carbonyl (C=O) groups is 1. The molecule has 0 bridgehead atoms. The Morgan fingerprint density at radius 3 is 2.68 bits per heavy atom. The fraction of sp³-hybridized carbons (Fsp3) is 0.308. The van der Waals surface area contributed by atoms with Gasteiger partial charge in [-0.1, -0.05) is 13.8 Å². The van der Waals surface area contributed by atoms with E-state index in [-0.39, 0.29) is 17.5 Å². The SMILES string of the molecule is Cc1ccc(NC(=O)c2n[nH]c(C(C)C)c2N)cn1. The van der Waals surface area contributed by atoms with Crippen molar-refractivity contribution < 1.29 is 4.79 Å². The number of aryl methyl sites for hydroxylation is 1. The summed E-state index contributed by atoms with van der Waals surface area (Å²) in [4.78, 5) is 16.2. The summed E-state index contributed by atoms with van der Waals surface area (Å²) in [6.45, 7) is 5.84. The number of rotatable bonds is 3. The molecule has 0 atom stereocenters.